The van der Waals surface area contributed by atoms with Gasteiger partial charge in [0.1, 0.15) is 6.10 Å². The summed E-state index contributed by atoms with van der Waals surface area (Å²) in [5, 5.41) is 9.99. The van der Waals surface area contributed by atoms with E-state index in [1.54, 1.807) is 17.1 Å². The summed E-state index contributed by atoms with van der Waals surface area (Å²) in [5.41, 5.74) is 2.56. The number of ether oxygens (including phenoxy) is 1. The Bertz CT molecular complexity index is 667. The number of rotatable bonds is 3. The fraction of sp³-hybridized carbons (Fsp3) is 0.438. The molecular formula is C16H21N5O2. The van der Waals surface area contributed by atoms with Crippen LogP contribution >= 0.6 is 0 Å². The first-order chi connectivity index (χ1) is 11.1. The van der Waals surface area contributed by atoms with E-state index in [1.165, 1.54) is 0 Å². The maximum atomic E-state index is 12.2. The summed E-state index contributed by atoms with van der Waals surface area (Å²) in [6.07, 6.45) is 6.98. The predicted octanol–water partition coefficient (Wildman–Crippen LogP) is 2.17. The molecule has 7 heteroatoms. The number of aromatic nitrogens is 3. The standard InChI is InChI=1S/C16H21N5O2/c1-11-5-6-13(9-17-11)19-16(22)20-14-4-3-7-23-15(14)12-8-18-21(2)10-12/h5-6,8-10,14-15H,3-4,7H2,1-2H3,(H2,19,20,22)/t14-,15+/m0/s1. The third kappa shape index (κ3) is 3.87. The van der Waals surface area contributed by atoms with Crippen LogP contribution in [0.4, 0.5) is 10.5 Å². The molecule has 0 unspecified atom stereocenters. The van der Waals surface area contributed by atoms with Gasteiger partial charge in [0.15, 0.2) is 0 Å². The van der Waals surface area contributed by atoms with Crippen LogP contribution in [0.2, 0.25) is 0 Å². The Labute approximate surface area is 135 Å². The van der Waals surface area contributed by atoms with Gasteiger partial charge < -0.3 is 15.4 Å². The Kier molecular flexibility index (Phi) is 4.57. The molecule has 2 N–H and O–H groups in total. The number of carbonyl (C=O) groups excluding carboxylic acids is 1. The molecule has 23 heavy (non-hydrogen) atoms. The van der Waals surface area contributed by atoms with Crippen molar-refractivity contribution in [3.05, 3.63) is 42.0 Å². The first-order valence-electron chi connectivity index (χ1n) is 7.72. The molecule has 1 saturated heterocycles. The van der Waals surface area contributed by atoms with E-state index in [0.717, 1.165) is 24.1 Å². The first-order valence-corrected chi connectivity index (χ1v) is 7.72. The summed E-state index contributed by atoms with van der Waals surface area (Å²) in [6.45, 7) is 2.60. The van der Waals surface area contributed by atoms with E-state index in [-0.39, 0.29) is 18.2 Å². The number of hydrogen-bond donors (Lipinski definition) is 2. The molecule has 2 aromatic rings. The average Bonchev–Trinajstić information content (AvgIpc) is 2.96. The number of pyridine rings is 1. The van der Waals surface area contributed by atoms with Gasteiger partial charge in [0.25, 0.3) is 0 Å². The van der Waals surface area contributed by atoms with Gasteiger partial charge in [-0.05, 0) is 31.9 Å². The van der Waals surface area contributed by atoms with Crippen LogP contribution in [-0.4, -0.2) is 33.4 Å². The smallest absolute Gasteiger partial charge is 0.319 e. The number of amides is 2. The summed E-state index contributed by atoms with van der Waals surface area (Å²) in [6, 6.07) is 3.36. The second kappa shape index (κ2) is 6.78. The van der Waals surface area contributed by atoms with Crippen molar-refractivity contribution in [1.82, 2.24) is 20.1 Å². The molecule has 0 radical (unpaired) electrons. The molecule has 2 atom stereocenters. The molecule has 1 fully saturated rings. The van der Waals surface area contributed by atoms with Gasteiger partial charge in [-0.1, -0.05) is 0 Å². The molecule has 1 aliphatic heterocycles. The van der Waals surface area contributed by atoms with Crippen LogP contribution in [0.3, 0.4) is 0 Å². The van der Waals surface area contributed by atoms with Crippen LogP contribution < -0.4 is 10.6 Å². The number of hydrogen-bond acceptors (Lipinski definition) is 4. The molecule has 1 aliphatic rings. The Balaban J connectivity index is 1.64. The van der Waals surface area contributed by atoms with Crippen LogP contribution in [-0.2, 0) is 11.8 Å². The van der Waals surface area contributed by atoms with Crippen molar-refractivity contribution in [3.8, 4) is 0 Å². The Hall–Kier alpha value is -2.41. The topological polar surface area (TPSA) is 81.1 Å². The number of aryl methyl sites for hydroxylation is 2. The van der Waals surface area contributed by atoms with E-state index in [2.05, 4.69) is 20.7 Å². The highest BCUT2D eigenvalue weighted by atomic mass is 16.5. The van der Waals surface area contributed by atoms with Gasteiger partial charge in [-0.15, -0.1) is 0 Å². The predicted molar refractivity (Wildman–Crippen MR) is 86.1 cm³/mol. The zero-order valence-electron chi connectivity index (χ0n) is 13.3. The largest absolute Gasteiger partial charge is 0.371 e. The monoisotopic (exact) mass is 315 g/mol. The lowest BCUT2D eigenvalue weighted by atomic mass is 9.98. The van der Waals surface area contributed by atoms with Crippen LogP contribution in [0.5, 0.6) is 0 Å². The lowest BCUT2D eigenvalue weighted by Crippen LogP contribution is -2.44. The van der Waals surface area contributed by atoms with Gasteiger partial charge in [0.2, 0.25) is 0 Å². The zero-order chi connectivity index (χ0) is 16.2. The average molecular weight is 315 g/mol. The molecule has 3 rings (SSSR count). The fourth-order valence-electron chi connectivity index (χ4n) is 2.72. The molecule has 0 aromatic carbocycles. The minimum Gasteiger partial charge on any atom is -0.371 e. The highest BCUT2D eigenvalue weighted by molar-refractivity contribution is 5.89. The van der Waals surface area contributed by atoms with Gasteiger partial charge in [0.05, 0.1) is 24.1 Å². The minimum atomic E-state index is -0.250. The van der Waals surface area contributed by atoms with E-state index in [4.69, 9.17) is 4.74 Å². The normalized spacial score (nSPS) is 21.0. The summed E-state index contributed by atoms with van der Waals surface area (Å²) < 4.78 is 7.59. The van der Waals surface area contributed by atoms with E-state index >= 15 is 0 Å². The number of urea groups is 1. The van der Waals surface area contributed by atoms with Crippen molar-refractivity contribution in [2.24, 2.45) is 7.05 Å². The summed E-state index contributed by atoms with van der Waals surface area (Å²) >= 11 is 0. The number of carbonyl (C=O) groups is 1. The van der Waals surface area contributed by atoms with Crippen LogP contribution in [0.15, 0.2) is 30.7 Å². The molecule has 7 nitrogen and oxygen atoms in total. The highest BCUT2D eigenvalue weighted by Crippen LogP contribution is 2.28. The summed E-state index contributed by atoms with van der Waals surface area (Å²) in [5.74, 6) is 0. The van der Waals surface area contributed by atoms with Gasteiger partial charge in [-0.25, -0.2) is 4.79 Å². The number of anilines is 1. The van der Waals surface area contributed by atoms with Gasteiger partial charge in [-0.3, -0.25) is 9.67 Å². The molecular weight excluding hydrogens is 294 g/mol. The van der Waals surface area contributed by atoms with Crippen molar-refractivity contribution in [2.75, 3.05) is 11.9 Å². The maximum Gasteiger partial charge on any atom is 0.319 e. The first kappa shape index (κ1) is 15.5. The third-order valence-electron chi connectivity index (χ3n) is 3.86. The lowest BCUT2D eigenvalue weighted by Gasteiger charge is -2.31. The Morgan fingerprint density at radius 3 is 2.96 bits per heavy atom. The molecule has 0 bridgehead atoms. The third-order valence-corrected chi connectivity index (χ3v) is 3.86. The maximum absolute atomic E-state index is 12.2. The lowest BCUT2D eigenvalue weighted by molar-refractivity contribution is -0.00700. The van der Waals surface area contributed by atoms with Crippen molar-refractivity contribution < 1.29 is 9.53 Å². The number of nitrogens with zero attached hydrogens (tertiary/aromatic N) is 3. The molecule has 3 heterocycles. The van der Waals surface area contributed by atoms with Crippen molar-refractivity contribution in [2.45, 2.75) is 31.9 Å². The van der Waals surface area contributed by atoms with Crippen molar-refractivity contribution in [1.29, 1.82) is 0 Å². The van der Waals surface area contributed by atoms with Gasteiger partial charge >= 0.3 is 6.03 Å². The second-order valence-electron chi connectivity index (χ2n) is 5.77. The van der Waals surface area contributed by atoms with Crippen molar-refractivity contribution >= 4 is 11.7 Å². The summed E-state index contributed by atoms with van der Waals surface area (Å²) in [4.78, 5) is 16.4. The highest BCUT2D eigenvalue weighted by Gasteiger charge is 2.29. The minimum absolute atomic E-state index is 0.0774. The van der Waals surface area contributed by atoms with Gasteiger partial charge in [-0.2, -0.15) is 5.10 Å². The molecule has 122 valence electrons. The van der Waals surface area contributed by atoms with E-state index in [9.17, 15) is 4.79 Å². The molecule has 0 aliphatic carbocycles. The number of nitrogens with one attached hydrogen (secondary N) is 2. The zero-order valence-corrected chi connectivity index (χ0v) is 13.3. The Morgan fingerprint density at radius 1 is 1.39 bits per heavy atom. The molecule has 0 saturated carbocycles. The van der Waals surface area contributed by atoms with Crippen LogP contribution in [0.1, 0.15) is 30.2 Å². The molecule has 2 aromatic heterocycles. The summed E-state index contributed by atoms with van der Waals surface area (Å²) in [7, 11) is 1.87. The molecule has 0 spiro atoms. The fourth-order valence-corrected chi connectivity index (χ4v) is 2.72. The Morgan fingerprint density at radius 2 is 2.26 bits per heavy atom. The van der Waals surface area contributed by atoms with E-state index in [0.29, 0.717) is 12.3 Å². The second-order valence-corrected chi connectivity index (χ2v) is 5.77. The quantitative estimate of drug-likeness (QED) is 0.909. The SMILES string of the molecule is Cc1ccc(NC(=O)N[C@H]2CCCO[C@@H]2c2cnn(C)c2)cn1. The molecule has 2 amide bonds. The van der Waals surface area contributed by atoms with Gasteiger partial charge in [0, 0.05) is 31.1 Å². The van der Waals surface area contributed by atoms with E-state index in [1.807, 2.05) is 32.3 Å². The van der Waals surface area contributed by atoms with E-state index < -0.39 is 0 Å². The van der Waals surface area contributed by atoms with Crippen molar-refractivity contribution in [3.63, 3.8) is 0 Å². The van der Waals surface area contributed by atoms with Crippen LogP contribution in [0, 0.1) is 6.92 Å². The van der Waals surface area contributed by atoms with Crippen LogP contribution in [0.25, 0.3) is 0 Å².